The summed E-state index contributed by atoms with van der Waals surface area (Å²) in [6, 6.07) is 8.30. The van der Waals surface area contributed by atoms with Gasteiger partial charge < -0.3 is 11.1 Å². The molecule has 1 amide bonds. The number of hydrogen-bond acceptors (Lipinski definition) is 2. The number of nitrogens with two attached hydrogens (primary N) is 1. The van der Waals surface area contributed by atoms with Gasteiger partial charge in [-0.3, -0.25) is 4.79 Å². The smallest absolute Gasteiger partial charge is 0.226 e. The molecule has 17 heavy (non-hydrogen) atoms. The van der Waals surface area contributed by atoms with Crippen molar-refractivity contribution in [3.05, 3.63) is 35.4 Å². The lowest BCUT2D eigenvalue weighted by Gasteiger charge is -2.29. The third-order valence-electron chi connectivity index (χ3n) is 3.49. The first-order valence-corrected chi connectivity index (χ1v) is 6.28. The van der Waals surface area contributed by atoms with Crippen molar-refractivity contribution in [1.82, 2.24) is 5.32 Å². The Hall–Kier alpha value is -1.35. The lowest BCUT2D eigenvalue weighted by Crippen LogP contribution is -2.43. The zero-order chi connectivity index (χ0) is 12.3. The summed E-state index contributed by atoms with van der Waals surface area (Å²) in [6.07, 6.45) is 3.39. The van der Waals surface area contributed by atoms with Crippen LogP contribution in [-0.4, -0.2) is 18.5 Å². The Morgan fingerprint density at radius 1 is 1.35 bits per heavy atom. The maximum Gasteiger partial charge on any atom is 0.226 e. The Bertz CT molecular complexity index is 380. The van der Waals surface area contributed by atoms with Crippen molar-refractivity contribution < 1.29 is 4.79 Å². The summed E-state index contributed by atoms with van der Waals surface area (Å²) in [5.74, 6) is -0.427. The number of benzene rings is 1. The fourth-order valence-corrected chi connectivity index (χ4v) is 2.53. The van der Waals surface area contributed by atoms with Crippen LogP contribution < -0.4 is 11.1 Å². The van der Waals surface area contributed by atoms with Gasteiger partial charge in [-0.15, -0.1) is 0 Å². The molecule has 3 nitrogen and oxygen atoms in total. The molecule has 0 saturated carbocycles. The van der Waals surface area contributed by atoms with Gasteiger partial charge in [-0.05, 0) is 31.9 Å². The summed E-state index contributed by atoms with van der Waals surface area (Å²) in [5, 5.41) is 3.41. The number of amides is 1. The number of hydrogen-bond donors (Lipinski definition) is 2. The van der Waals surface area contributed by atoms with E-state index in [-0.39, 0.29) is 17.9 Å². The largest absolute Gasteiger partial charge is 0.369 e. The fraction of sp³-hybridized carbons (Fsp3) is 0.500. The minimum atomic E-state index is -0.228. The highest BCUT2D eigenvalue weighted by molar-refractivity contribution is 5.82. The molecule has 1 heterocycles. The molecule has 0 radical (unpaired) electrons. The van der Waals surface area contributed by atoms with Gasteiger partial charge in [-0.1, -0.05) is 36.2 Å². The van der Waals surface area contributed by atoms with E-state index < -0.39 is 0 Å². The predicted octanol–water partition coefficient (Wildman–Crippen LogP) is 1.71. The summed E-state index contributed by atoms with van der Waals surface area (Å²) < 4.78 is 0. The molecular weight excluding hydrogens is 212 g/mol. The van der Waals surface area contributed by atoms with Gasteiger partial charge in [0.05, 0.1) is 5.92 Å². The molecule has 1 aliphatic heterocycles. The quantitative estimate of drug-likeness (QED) is 0.833. The van der Waals surface area contributed by atoms with Gasteiger partial charge in [-0.25, -0.2) is 0 Å². The van der Waals surface area contributed by atoms with Crippen LogP contribution in [0.3, 0.4) is 0 Å². The van der Waals surface area contributed by atoms with Gasteiger partial charge >= 0.3 is 0 Å². The topological polar surface area (TPSA) is 55.1 Å². The van der Waals surface area contributed by atoms with Gasteiger partial charge in [0.25, 0.3) is 0 Å². The van der Waals surface area contributed by atoms with E-state index >= 15 is 0 Å². The lowest BCUT2D eigenvalue weighted by molar-refractivity contribution is -0.120. The fourth-order valence-electron chi connectivity index (χ4n) is 2.53. The molecule has 1 aromatic carbocycles. The highest BCUT2D eigenvalue weighted by Gasteiger charge is 2.28. The molecule has 0 spiro atoms. The second-order valence-corrected chi connectivity index (χ2v) is 4.85. The number of primary amides is 1. The van der Waals surface area contributed by atoms with Gasteiger partial charge in [-0.2, -0.15) is 0 Å². The third kappa shape index (κ3) is 2.86. The van der Waals surface area contributed by atoms with E-state index in [1.165, 1.54) is 18.4 Å². The van der Waals surface area contributed by atoms with Crippen molar-refractivity contribution in [2.45, 2.75) is 38.1 Å². The van der Waals surface area contributed by atoms with Crippen LogP contribution in [0.2, 0.25) is 0 Å². The number of nitrogens with one attached hydrogen (secondary N) is 1. The Morgan fingerprint density at radius 3 is 2.59 bits per heavy atom. The van der Waals surface area contributed by atoms with Gasteiger partial charge in [0.2, 0.25) is 5.91 Å². The van der Waals surface area contributed by atoms with Crippen molar-refractivity contribution in [2.24, 2.45) is 5.73 Å². The van der Waals surface area contributed by atoms with Gasteiger partial charge in [0.15, 0.2) is 0 Å². The molecule has 0 aromatic heterocycles. The Morgan fingerprint density at radius 2 is 2.06 bits per heavy atom. The Labute approximate surface area is 102 Å². The third-order valence-corrected chi connectivity index (χ3v) is 3.49. The molecule has 3 N–H and O–H groups in total. The molecule has 1 fully saturated rings. The van der Waals surface area contributed by atoms with E-state index in [2.05, 4.69) is 5.32 Å². The number of rotatable bonds is 3. The van der Waals surface area contributed by atoms with E-state index in [1.807, 2.05) is 31.2 Å². The summed E-state index contributed by atoms with van der Waals surface area (Å²) in [4.78, 5) is 11.7. The second-order valence-electron chi connectivity index (χ2n) is 4.85. The minimum Gasteiger partial charge on any atom is -0.369 e. The molecule has 1 aromatic rings. The predicted molar refractivity (Wildman–Crippen MR) is 68.8 cm³/mol. The van der Waals surface area contributed by atoms with Gasteiger partial charge in [0.1, 0.15) is 0 Å². The van der Waals surface area contributed by atoms with Crippen molar-refractivity contribution in [2.75, 3.05) is 6.54 Å². The molecule has 1 aliphatic rings. The Balaban J connectivity index is 2.21. The molecule has 2 atom stereocenters. The zero-order valence-corrected chi connectivity index (χ0v) is 10.3. The van der Waals surface area contributed by atoms with Crippen molar-refractivity contribution >= 4 is 5.91 Å². The SMILES string of the molecule is Cc1ccc(C(C(N)=O)C2CCCCN2)cc1. The van der Waals surface area contributed by atoms with Crippen LogP contribution >= 0.6 is 0 Å². The standard InChI is InChI=1S/C14H20N2O/c1-10-5-7-11(8-6-10)13(14(15)17)12-4-2-3-9-16-12/h5-8,12-13,16H,2-4,9H2,1H3,(H2,15,17). The van der Waals surface area contributed by atoms with Crippen LogP contribution in [0.1, 0.15) is 36.3 Å². The molecule has 2 unspecified atom stereocenters. The summed E-state index contributed by atoms with van der Waals surface area (Å²) >= 11 is 0. The van der Waals surface area contributed by atoms with Crippen LogP contribution in [0.4, 0.5) is 0 Å². The van der Waals surface area contributed by atoms with Crippen molar-refractivity contribution in [1.29, 1.82) is 0 Å². The summed E-state index contributed by atoms with van der Waals surface area (Å²) in [5.41, 5.74) is 7.79. The first kappa shape index (κ1) is 12.1. The number of carbonyl (C=O) groups is 1. The zero-order valence-electron chi connectivity index (χ0n) is 10.3. The molecule has 0 aliphatic carbocycles. The molecule has 92 valence electrons. The first-order chi connectivity index (χ1) is 8.18. The average Bonchev–Trinajstić information content (AvgIpc) is 2.33. The normalized spacial score (nSPS) is 22.1. The maximum absolute atomic E-state index is 11.7. The molecular formula is C14H20N2O. The highest BCUT2D eigenvalue weighted by Crippen LogP contribution is 2.25. The van der Waals surface area contributed by atoms with Gasteiger partial charge in [0, 0.05) is 6.04 Å². The molecule has 0 bridgehead atoms. The number of carbonyl (C=O) groups excluding carboxylic acids is 1. The highest BCUT2D eigenvalue weighted by atomic mass is 16.1. The number of piperidine rings is 1. The van der Waals surface area contributed by atoms with Crippen LogP contribution in [0.15, 0.2) is 24.3 Å². The van der Waals surface area contributed by atoms with Crippen molar-refractivity contribution in [3.8, 4) is 0 Å². The van der Waals surface area contributed by atoms with E-state index in [0.717, 1.165) is 18.5 Å². The summed E-state index contributed by atoms with van der Waals surface area (Å²) in [6.45, 7) is 3.03. The summed E-state index contributed by atoms with van der Waals surface area (Å²) in [7, 11) is 0. The minimum absolute atomic E-state index is 0.198. The van der Waals surface area contributed by atoms with Crippen LogP contribution in [0.5, 0.6) is 0 Å². The van der Waals surface area contributed by atoms with E-state index in [4.69, 9.17) is 5.73 Å². The Kier molecular flexibility index (Phi) is 3.79. The van der Waals surface area contributed by atoms with Crippen LogP contribution in [0.25, 0.3) is 0 Å². The first-order valence-electron chi connectivity index (χ1n) is 6.28. The van der Waals surface area contributed by atoms with E-state index in [0.29, 0.717) is 0 Å². The van der Waals surface area contributed by atoms with E-state index in [1.54, 1.807) is 0 Å². The second kappa shape index (κ2) is 5.32. The number of aryl methyl sites for hydroxylation is 1. The molecule has 3 heteroatoms. The maximum atomic E-state index is 11.7. The van der Waals surface area contributed by atoms with E-state index in [9.17, 15) is 4.79 Å². The monoisotopic (exact) mass is 232 g/mol. The van der Waals surface area contributed by atoms with Crippen LogP contribution in [0, 0.1) is 6.92 Å². The van der Waals surface area contributed by atoms with Crippen molar-refractivity contribution in [3.63, 3.8) is 0 Å². The molecule has 2 rings (SSSR count). The molecule has 1 saturated heterocycles. The lowest BCUT2D eigenvalue weighted by atomic mass is 9.86. The van der Waals surface area contributed by atoms with Crippen LogP contribution in [-0.2, 0) is 4.79 Å². The average molecular weight is 232 g/mol.